The first-order valence-electron chi connectivity index (χ1n) is 9.72. The third kappa shape index (κ3) is 4.28. The van der Waals surface area contributed by atoms with Crippen molar-refractivity contribution in [3.8, 4) is 11.1 Å². The van der Waals surface area contributed by atoms with E-state index in [-0.39, 0.29) is 22.5 Å². The van der Waals surface area contributed by atoms with E-state index in [2.05, 4.69) is 4.98 Å². The van der Waals surface area contributed by atoms with Crippen LogP contribution in [0.25, 0.3) is 28.1 Å². The minimum atomic E-state index is -0.631. The van der Waals surface area contributed by atoms with Crippen molar-refractivity contribution in [1.82, 2.24) is 4.98 Å². The molecule has 0 amide bonds. The highest BCUT2D eigenvalue weighted by atomic mass is 16.6. The number of nitrogens with one attached hydrogen (secondary N) is 1. The number of nitro groups is 2. The fraction of sp³-hybridized carbons (Fsp3) is 0. The molecule has 0 saturated carbocycles. The number of non-ortho nitro benzene ring substituents is 2. The molecule has 1 heterocycles. The Kier molecular flexibility index (Phi) is 5.60. The number of ketones is 1. The Bertz CT molecular complexity index is 1490. The molecule has 9 nitrogen and oxygen atoms in total. The zero-order chi connectivity index (χ0) is 23.5. The van der Waals surface area contributed by atoms with Crippen LogP contribution in [0, 0.1) is 20.2 Å². The van der Waals surface area contributed by atoms with Crippen LogP contribution in [0.4, 0.5) is 11.4 Å². The van der Waals surface area contributed by atoms with E-state index in [1.54, 1.807) is 30.3 Å². The van der Waals surface area contributed by atoms with Crippen LogP contribution in [0.15, 0.2) is 83.7 Å². The maximum Gasteiger partial charge on any atom is 0.270 e. The Morgan fingerprint density at radius 2 is 1.48 bits per heavy atom. The van der Waals surface area contributed by atoms with Crippen molar-refractivity contribution in [2.75, 3.05) is 0 Å². The van der Waals surface area contributed by atoms with Gasteiger partial charge in [0.05, 0.1) is 15.4 Å². The second kappa shape index (κ2) is 8.67. The van der Waals surface area contributed by atoms with Crippen LogP contribution in [0.2, 0.25) is 0 Å². The molecule has 0 aliphatic heterocycles. The van der Waals surface area contributed by atoms with E-state index in [1.807, 2.05) is 0 Å². The Balaban J connectivity index is 1.88. The fourth-order valence-electron chi connectivity index (χ4n) is 3.50. The van der Waals surface area contributed by atoms with Crippen LogP contribution in [-0.2, 0) is 0 Å². The zero-order valence-corrected chi connectivity index (χ0v) is 16.9. The van der Waals surface area contributed by atoms with E-state index in [4.69, 9.17) is 0 Å². The summed E-state index contributed by atoms with van der Waals surface area (Å²) in [5.41, 5.74) is 0.686. The molecule has 0 aliphatic carbocycles. The Labute approximate surface area is 185 Å². The van der Waals surface area contributed by atoms with Gasteiger partial charge in [-0.15, -0.1) is 0 Å². The zero-order valence-electron chi connectivity index (χ0n) is 16.9. The lowest BCUT2D eigenvalue weighted by atomic mass is 9.93. The first kappa shape index (κ1) is 21.3. The highest BCUT2D eigenvalue weighted by Gasteiger charge is 2.21. The largest absolute Gasteiger partial charge is 0.321 e. The van der Waals surface area contributed by atoms with Crippen molar-refractivity contribution in [2.45, 2.75) is 0 Å². The molecule has 0 saturated heterocycles. The van der Waals surface area contributed by atoms with E-state index in [1.165, 1.54) is 54.6 Å². The molecule has 0 unspecified atom stereocenters. The number of carbonyl (C=O) groups is 1. The number of rotatable bonds is 6. The predicted octanol–water partition coefficient (Wildman–Crippen LogP) is 4.91. The number of aromatic nitrogens is 1. The molecule has 0 spiro atoms. The van der Waals surface area contributed by atoms with Crippen LogP contribution < -0.4 is 5.56 Å². The lowest BCUT2D eigenvalue weighted by Crippen LogP contribution is -2.18. The lowest BCUT2D eigenvalue weighted by molar-refractivity contribution is -0.385. The van der Waals surface area contributed by atoms with Crippen LogP contribution in [0.5, 0.6) is 0 Å². The number of nitro benzene ring substituents is 2. The highest BCUT2D eigenvalue weighted by Crippen LogP contribution is 2.32. The molecule has 0 aliphatic rings. The Morgan fingerprint density at radius 1 is 0.848 bits per heavy atom. The van der Waals surface area contributed by atoms with Crippen molar-refractivity contribution >= 4 is 34.1 Å². The van der Waals surface area contributed by atoms with Crippen molar-refractivity contribution in [1.29, 1.82) is 0 Å². The van der Waals surface area contributed by atoms with E-state index >= 15 is 0 Å². The van der Waals surface area contributed by atoms with Gasteiger partial charge in [0.15, 0.2) is 5.78 Å². The van der Waals surface area contributed by atoms with E-state index in [0.29, 0.717) is 22.0 Å². The summed E-state index contributed by atoms with van der Waals surface area (Å²) in [6, 6.07) is 18.3. The SMILES string of the molecule is O=C(/C=C\c1ccc([N+](=O)[O-])cc1)c1c(-c2ccccc2)c2cc([N+](=O)[O-])ccc2[nH]c1=O. The van der Waals surface area contributed by atoms with Crippen molar-refractivity contribution in [3.63, 3.8) is 0 Å². The minimum Gasteiger partial charge on any atom is -0.321 e. The average molecular weight is 441 g/mol. The van der Waals surface area contributed by atoms with E-state index < -0.39 is 21.2 Å². The van der Waals surface area contributed by atoms with Gasteiger partial charge in [-0.05, 0) is 35.4 Å². The molecule has 1 aromatic heterocycles. The molecule has 33 heavy (non-hydrogen) atoms. The number of pyridine rings is 1. The summed E-state index contributed by atoms with van der Waals surface area (Å²) < 4.78 is 0. The minimum absolute atomic E-state index is 0.0857. The number of benzene rings is 3. The topological polar surface area (TPSA) is 136 Å². The second-order valence-corrected chi connectivity index (χ2v) is 7.10. The molecule has 9 heteroatoms. The summed E-state index contributed by atoms with van der Waals surface area (Å²) in [5.74, 6) is -0.609. The Hall–Kier alpha value is -4.92. The molecule has 4 rings (SSSR count). The summed E-state index contributed by atoms with van der Waals surface area (Å²) in [7, 11) is 0. The van der Waals surface area contributed by atoms with Gasteiger partial charge in [-0.2, -0.15) is 0 Å². The smallest absolute Gasteiger partial charge is 0.270 e. The summed E-state index contributed by atoms with van der Waals surface area (Å²) in [6.07, 6.45) is 2.64. The standard InChI is InChI=1S/C24H15N3O6/c28-21(13-8-15-6-9-17(10-7-15)26(30)31)23-22(16-4-2-1-3-5-16)19-14-18(27(32)33)11-12-20(19)25-24(23)29/h1-14H,(H,25,29)/b13-8-. The monoisotopic (exact) mass is 441 g/mol. The first-order valence-corrected chi connectivity index (χ1v) is 9.72. The van der Waals surface area contributed by atoms with Gasteiger partial charge in [0, 0.05) is 40.7 Å². The predicted molar refractivity (Wildman–Crippen MR) is 123 cm³/mol. The van der Waals surface area contributed by atoms with Gasteiger partial charge in [-0.3, -0.25) is 29.8 Å². The van der Waals surface area contributed by atoms with Crippen molar-refractivity contribution in [2.24, 2.45) is 0 Å². The number of H-pyrrole nitrogens is 1. The number of nitrogens with zero attached hydrogens (tertiary/aromatic N) is 2. The van der Waals surface area contributed by atoms with Crippen LogP contribution in [0.1, 0.15) is 15.9 Å². The third-order valence-electron chi connectivity index (χ3n) is 5.05. The molecular formula is C24H15N3O6. The number of allylic oxidation sites excluding steroid dienone is 1. The number of aromatic amines is 1. The fourth-order valence-corrected chi connectivity index (χ4v) is 3.50. The molecule has 0 fully saturated rings. The molecule has 4 aromatic rings. The maximum absolute atomic E-state index is 13.1. The molecular weight excluding hydrogens is 426 g/mol. The van der Waals surface area contributed by atoms with Crippen molar-refractivity contribution in [3.05, 3.63) is 121 Å². The summed E-state index contributed by atoms with van der Waals surface area (Å²) in [4.78, 5) is 49.7. The van der Waals surface area contributed by atoms with E-state index in [9.17, 15) is 29.8 Å². The lowest BCUT2D eigenvalue weighted by Gasteiger charge is -2.11. The third-order valence-corrected chi connectivity index (χ3v) is 5.05. The van der Waals surface area contributed by atoms with Crippen molar-refractivity contribution < 1.29 is 14.6 Å². The van der Waals surface area contributed by atoms with Gasteiger partial charge >= 0.3 is 0 Å². The second-order valence-electron chi connectivity index (χ2n) is 7.10. The molecule has 162 valence electrons. The number of fused-ring (bicyclic) bond motifs is 1. The van der Waals surface area contributed by atoms with Gasteiger partial charge in [0.1, 0.15) is 0 Å². The van der Waals surface area contributed by atoms with Gasteiger partial charge in [0.25, 0.3) is 16.9 Å². The molecule has 0 bridgehead atoms. The first-order chi connectivity index (χ1) is 15.8. The highest BCUT2D eigenvalue weighted by molar-refractivity contribution is 6.15. The molecule has 1 N–H and O–H groups in total. The molecule has 0 atom stereocenters. The maximum atomic E-state index is 13.1. The summed E-state index contributed by atoms with van der Waals surface area (Å²) in [5, 5.41) is 22.5. The normalized spacial score (nSPS) is 11.0. The average Bonchev–Trinajstić information content (AvgIpc) is 2.82. The molecule has 0 radical (unpaired) electrons. The van der Waals surface area contributed by atoms with Gasteiger partial charge < -0.3 is 4.98 Å². The quantitative estimate of drug-likeness (QED) is 0.195. The van der Waals surface area contributed by atoms with Crippen LogP contribution in [0.3, 0.4) is 0 Å². The van der Waals surface area contributed by atoms with Crippen LogP contribution >= 0.6 is 0 Å². The van der Waals surface area contributed by atoms with Gasteiger partial charge in [0.2, 0.25) is 0 Å². The number of carbonyl (C=O) groups excluding carboxylic acids is 1. The summed E-state index contributed by atoms with van der Waals surface area (Å²) in [6.45, 7) is 0. The number of hydrogen-bond donors (Lipinski definition) is 1. The van der Waals surface area contributed by atoms with Crippen LogP contribution in [-0.4, -0.2) is 20.6 Å². The Morgan fingerprint density at radius 3 is 2.12 bits per heavy atom. The van der Waals surface area contributed by atoms with Gasteiger partial charge in [-0.1, -0.05) is 36.4 Å². The molecule has 3 aromatic carbocycles. The van der Waals surface area contributed by atoms with E-state index in [0.717, 1.165) is 0 Å². The summed E-state index contributed by atoms with van der Waals surface area (Å²) >= 11 is 0. The number of hydrogen-bond acceptors (Lipinski definition) is 6. The van der Waals surface area contributed by atoms with Gasteiger partial charge in [-0.25, -0.2) is 0 Å².